The monoisotopic (exact) mass is 275 g/mol. The van der Waals surface area contributed by atoms with Gasteiger partial charge in [-0.3, -0.25) is 4.68 Å². The molecule has 1 heterocycles. The van der Waals surface area contributed by atoms with Crippen molar-refractivity contribution in [2.75, 3.05) is 18.8 Å². The Bertz CT molecular complexity index is 415. The molecule has 0 amide bonds. The minimum absolute atomic E-state index is 0.143. The lowest BCUT2D eigenvalue weighted by Gasteiger charge is -2.09. The summed E-state index contributed by atoms with van der Waals surface area (Å²) >= 11 is 0. The number of hydrogen-bond donors (Lipinski definition) is 2. The summed E-state index contributed by atoms with van der Waals surface area (Å²) in [4.78, 5) is 0. The van der Waals surface area contributed by atoms with Crippen LogP contribution in [0.1, 0.15) is 20.3 Å². The molecule has 0 unspecified atom stereocenters. The van der Waals surface area contributed by atoms with Gasteiger partial charge in [0.1, 0.15) is 0 Å². The van der Waals surface area contributed by atoms with Crippen molar-refractivity contribution in [3.63, 3.8) is 0 Å². The summed E-state index contributed by atoms with van der Waals surface area (Å²) in [5.41, 5.74) is 0. The largest absolute Gasteiger partial charge is 0.314 e. The van der Waals surface area contributed by atoms with Crippen LogP contribution in [-0.4, -0.2) is 48.3 Å². The Morgan fingerprint density at radius 2 is 2.11 bits per heavy atom. The number of sulfonamides is 1. The molecule has 0 saturated heterocycles. The molecule has 1 aromatic heterocycles. The first-order valence-electron chi connectivity index (χ1n) is 6.04. The van der Waals surface area contributed by atoms with Gasteiger partial charge in [0.2, 0.25) is 10.0 Å². The van der Waals surface area contributed by atoms with Crippen LogP contribution in [0.5, 0.6) is 0 Å². The highest BCUT2D eigenvalue weighted by molar-refractivity contribution is 7.89. The zero-order valence-corrected chi connectivity index (χ0v) is 11.7. The lowest BCUT2D eigenvalue weighted by atomic mass is 10.4. The average molecular weight is 275 g/mol. The highest BCUT2D eigenvalue weighted by Crippen LogP contribution is 1.90. The Morgan fingerprint density at radius 3 is 2.72 bits per heavy atom. The fourth-order valence-corrected chi connectivity index (χ4v) is 2.46. The second-order valence-electron chi connectivity index (χ2n) is 4.34. The molecular weight excluding hydrogens is 254 g/mol. The molecule has 0 bridgehead atoms. The molecule has 2 N–H and O–H groups in total. The molecule has 0 atom stereocenters. The number of hydrogen-bond acceptors (Lipinski definition) is 5. The maximum atomic E-state index is 11.6. The molecule has 0 radical (unpaired) electrons. The van der Waals surface area contributed by atoms with Crippen molar-refractivity contribution in [2.24, 2.45) is 0 Å². The molecule has 104 valence electrons. The molecule has 7 nitrogen and oxygen atoms in total. The predicted molar refractivity (Wildman–Crippen MR) is 69.6 cm³/mol. The van der Waals surface area contributed by atoms with E-state index < -0.39 is 10.0 Å². The summed E-state index contributed by atoms with van der Waals surface area (Å²) in [6.07, 6.45) is 3.86. The first-order valence-corrected chi connectivity index (χ1v) is 7.69. The third-order valence-corrected chi connectivity index (χ3v) is 3.75. The molecule has 0 aliphatic rings. The van der Waals surface area contributed by atoms with Crippen LogP contribution in [0, 0.1) is 0 Å². The van der Waals surface area contributed by atoms with E-state index in [2.05, 4.69) is 20.4 Å². The van der Waals surface area contributed by atoms with Crippen molar-refractivity contribution in [2.45, 2.75) is 32.9 Å². The van der Waals surface area contributed by atoms with E-state index in [1.54, 1.807) is 17.1 Å². The fraction of sp³-hybridized carbons (Fsp3) is 0.800. The minimum atomic E-state index is -3.18. The number of nitrogens with one attached hydrogen (secondary N) is 2. The van der Waals surface area contributed by atoms with Gasteiger partial charge in [0.05, 0.1) is 18.5 Å². The van der Waals surface area contributed by atoms with E-state index in [0.29, 0.717) is 32.1 Å². The quantitative estimate of drug-likeness (QED) is 0.598. The first kappa shape index (κ1) is 15.1. The van der Waals surface area contributed by atoms with Gasteiger partial charge in [0.25, 0.3) is 0 Å². The third-order valence-electron chi connectivity index (χ3n) is 2.28. The summed E-state index contributed by atoms with van der Waals surface area (Å²) in [6, 6.07) is 0.382. The molecule has 0 aliphatic carbocycles. The molecule has 1 rings (SSSR count). The van der Waals surface area contributed by atoms with Gasteiger partial charge in [-0.25, -0.2) is 13.1 Å². The van der Waals surface area contributed by atoms with E-state index in [9.17, 15) is 8.42 Å². The minimum Gasteiger partial charge on any atom is -0.314 e. The fourth-order valence-electron chi connectivity index (χ4n) is 1.39. The Labute approximate surface area is 108 Å². The van der Waals surface area contributed by atoms with Crippen LogP contribution in [0.4, 0.5) is 0 Å². The lowest BCUT2D eigenvalue weighted by Crippen LogP contribution is -2.32. The Balaban J connectivity index is 2.15. The van der Waals surface area contributed by atoms with Gasteiger partial charge in [-0.05, 0) is 13.0 Å². The van der Waals surface area contributed by atoms with Crippen LogP contribution in [-0.2, 0) is 16.6 Å². The zero-order chi connectivity index (χ0) is 13.4. The second kappa shape index (κ2) is 7.45. The van der Waals surface area contributed by atoms with Crippen LogP contribution in [0.3, 0.4) is 0 Å². The topological polar surface area (TPSA) is 88.9 Å². The van der Waals surface area contributed by atoms with Gasteiger partial charge >= 0.3 is 0 Å². The van der Waals surface area contributed by atoms with Crippen LogP contribution in [0.15, 0.2) is 12.4 Å². The van der Waals surface area contributed by atoms with E-state index in [1.807, 2.05) is 13.8 Å². The summed E-state index contributed by atoms with van der Waals surface area (Å²) < 4.78 is 27.4. The highest BCUT2D eigenvalue weighted by Gasteiger charge is 2.09. The maximum Gasteiger partial charge on any atom is 0.211 e. The molecule has 0 aromatic carbocycles. The van der Waals surface area contributed by atoms with Crippen molar-refractivity contribution in [3.05, 3.63) is 12.4 Å². The second-order valence-corrected chi connectivity index (χ2v) is 6.27. The predicted octanol–water partition coefficient (Wildman–Crippen LogP) is -0.414. The molecule has 1 aromatic rings. The smallest absolute Gasteiger partial charge is 0.211 e. The molecule has 18 heavy (non-hydrogen) atoms. The lowest BCUT2D eigenvalue weighted by molar-refractivity contribution is 0.544. The van der Waals surface area contributed by atoms with E-state index in [1.165, 1.54) is 0 Å². The van der Waals surface area contributed by atoms with Crippen LogP contribution in [0.25, 0.3) is 0 Å². The summed E-state index contributed by atoms with van der Waals surface area (Å²) in [6.45, 7) is 5.60. The van der Waals surface area contributed by atoms with Gasteiger partial charge in [-0.1, -0.05) is 19.1 Å². The van der Waals surface area contributed by atoms with Crippen LogP contribution < -0.4 is 10.0 Å². The van der Waals surface area contributed by atoms with E-state index in [4.69, 9.17) is 0 Å². The van der Waals surface area contributed by atoms with Crippen LogP contribution >= 0.6 is 0 Å². The van der Waals surface area contributed by atoms with Gasteiger partial charge in [-0.15, -0.1) is 5.10 Å². The van der Waals surface area contributed by atoms with Crippen molar-refractivity contribution in [1.82, 2.24) is 25.0 Å². The Kier molecular flexibility index (Phi) is 6.23. The normalized spacial score (nSPS) is 12.2. The van der Waals surface area contributed by atoms with Crippen molar-refractivity contribution < 1.29 is 8.42 Å². The Morgan fingerprint density at radius 1 is 1.33 bits per heavy atom. The van der Waals surface area contributed by atoms with Gasteiger partial charge < -0.3 is 5.32 Å². The third kappa shape index (κ3) is 6.67. The van der Waals surface area contributed by atoms with Crippen molar-refractivity contribution in [1.29, 1.82) is 0 Å². The summed E-state index contributed by atoms with van der Waals surface area (Å²) in [5, 5.41) is 10.6. The number of rotatable bonds is 9. The van der Waals surface area contributed by atoms with E-state index in [-0.39, 0.29) is 5.75 Å². The highest BCUT2D eigenvalue weighted by atomic mass is 32.2. The molecule has 0 aliphatic heterocycles. The molecular formula is C10H21N5O2S. The summed E-state index contributed by atoms with van der Waals surface area (Å²) in [5.74, 6) is 0.143. The van der Waals surface area contributed by atoms with Gasteiger partial charge in [-0.2, -0.15) is 0 Å². The SMILES string of the molecule is CC(C)NCCCS(=O)(=O)NCCn1ccnn1. The van der Waals surface area contributed by atoms with Gasteiger partial charge in [0.15, 0.2) is 0 Å². The Hall–Kier alpha value is -0.990. The number of nitrogens with zero attached hydrogens (tertiary/aromatic N) is 3. The zero-order valence-electron chi connectivity index (χ0n) is 10.8. The van der Waals surface area contributed by atoms with Gasteiger partial charge in [0, 0.05) is 18.8 Å². The van der Waals surface area contributed by atoms with Crippen LogP contribution in [0.2, 0.25) is 0 Å². The summed E-state index contributed by atoms with van der Waals surface area (Å²) in [7, 11) is -3.18. The molecule has 0 fully saturated rings. The maximum absolute atomic E-state index is 11.6. The first-order chi connectivity index (χ1) is 8.49. The van der Waals surface area contributed by atoms with Crippen molar-refractivity contribution >= 4 is 10.0 Å². The molecule has 0 saturated carbocycles. The van der Waals surface area contributed by atoms with Crippen molar-refractivity contribution in [3.8, 4) is 0 Å². The molecule has 8 heteroatoms. The molecule has 0 spiro atoms. The van der Waals surface area contributed by atoms with E-state index in [0.717, 1.165) is 0 Å². The number of aromatic nitrogens is 3. The standard InChI is InChI=1S/C10H21N5O2S/c1-10(2)11-4-3-9-18(16,17)13-6-8-15-7-5-12-14-15/h5,7,10-11,13H,3-4,6,8-9H2,1-2H3. The average Bonchev–Trinajstić information content (AvgIpc) is 2.77. The van der Waals surface area contributed by atoms with E-state index >= 15 is 0 Å².